The fourth-order valence-electron chi connectivity index (χ4n) is 2.38. The van der Waals surface area contributed by atoms with Crippen molar-refractivity contribution in [2.75, 3.05) is 11.5 Å². The second-order valence-corrected chi connectivity index (χ2v) is 6.15. The molecule has 3 rings (SSSR count). The van der Waals surface area contributed by atoms with Crippen molar-refractivity contribution in [1.82, 2.24) is 14.5 Å². The Bertz CT molecular complexity index is 737. The summed E-state index contributed by atoms with van der Waals surface area (Å²) in [5.74, 6) is 1.59. The van der Waals surface area contributed by atoms with E-state index in [1.807, 2.05) is 37.3 Å². The van der Waals surface area contributed by atoms with Crippen molar-refractivity contribution in [3.05, 3.63) is 48.4 Å². The lowest BCUT2D eigenvalue weighted by Crippen LogP contribution is -2.00. The van der Waals surface area contributed by atoms with E-state index in [0.717, 1.165) is 35.3 Å². The number of fused-ring (bicyclic) bond motifs is 1. The third kappa shape index (κ3) is 3.03. The molecule has 0 bridgehead atoms. The number of benzene rings is 1. The van der Waals surface area contributed by atoms with Crippen LogP contribution in [0.1, 0.15) is 12.0 Å². The number of aromatic nitrogens is 3. The van der Waals surface area contributed by atoms with E-state index in [4.69, 9.17) is 5.73 Å². The molecule has 2 aromatic heterocycles. The molecule has 0 aliphatic carbocycles. The lowest BCUT2D eigenvalue weighted by molar-refractivity contribution is 0.701. The molecule has 0 amide bonds. The number of nitrogens with zero attached hydrogens (tertiary/aromatic N) is 3. The van der Waals surface area contributed by atoms with Gasteiger partial charge in [-0.1, -0.05) is 18.2 Å². The molecular weight excluding hydrogens is 280 g/mol. The maximum atomic E-state index is 5.88. The van der Waals surface area contributed by atoms with Crippen molar-refractivity contribution in [2.24, 2.45) is 0 Å². The molecule has 0 radical (unpaired) electrons. The molecule has 4 nitrogen and oxygen atoms in total. The van der Waals surface area contributed by atoms with E-state index < -0.39 is 0 Å². The number of hydrogen-bond acceptors (Lipinski definition) is 4. The van der Waals surface area contributed by atoms with Gasteiger partial charge in [0.1, 0.15) is 5.52 Å². The lowest BCUT2D eigenvalue weighted by Gasteiger charge is -2.07. The summed E-state index contributed by atoms with van der Waals surface area (Å²) in [6.07, 6.45) is 4.77. The molecular formula is C16H18N4S. The van der Waals surface area contributed by atoms with Gasteiger partial charge in [0.25, 0.3) is 0 Å². The summed E-state index contributed by atoms with van der Waals surface area (Å²) in [6, 6.07) is 10.5. The number of nitrogens with two attached hydrogens (primary N) is 1. The van der Waals surface area contributed by atoms with Crippen LogP contribution in [0.25, 0.3) is 11.0 Å². The molecule has 0 atom stereocenters. The Morgan fingerprint density at radius 2 is 2.00 bits per heavy atom. The lowest BCUT2D eigenvalue weighted by atomic mass is 10.2. The Balaban J connectivity index is 1.65. The Morgan fingerprint density at radius 1 is 1.19 bits per heavy atom. The molecule has 0 unspecified atom stereocenters. The summed E-state index contributed by atoms with van der Waals surface area (Å²) in [7, 11) is 0. The first kappa shape index (κ1) is 13.9. The highest BCUT2D eigenvalue weighted by Gasteiger charge is 2.09. The molecule has 3 aromatic rings. The standard InChI is InChI=1S/C16H18N4S/c1-12-10-18-16(17)14-15(12)20(11-19-14)8-5-9-21-13-6-3-2-4-7-13/h2-4,6-7,10-11H,5,8-9H2,1H3,(H2,17,18). The Morgan fingerprint density at radius 3 is 2.81 bits per heavy atom. The van der Waals surface area contributed by atoms with Crippen molar-refractivity contribution in [1.29, 1.82) is 0 Å². The third-order valence-corrected chi connectivity index (χ3v) is 4.50. The van der Waals surface area contributed by atoms with Crippen LogP contribution in [0.3, 0.4) is 0 Å². The zero-order valence-electron chi connectivity index (χ0n) is 12.0. The smallest absolute Gasteiger partial charge is 0.151 e. The number of anilines is 1. The van der Waals surface area contributed by atoms with E-state index in [2.05, 4.69) is 38.8 Å². The van der Waals surface area contributed by atoms with Gasteiger partial charge in [0.15, 0.2) is 5.82 Å². The fraction of sp³-hybridized carbons (Fsp3) is 0.250. The zero-order valence-corrected chi connectivity index (χ0v) is 12.8. The van der Waals surface area contributed by atoms with Gasteiger partial charge >= 0.3 is 0 Å². The number of imidazole rings is 1. The minimum atomic E-state index is 0.507. The van der Waals surface area contributed by atoms with Gasteiger partial charge in [-0.25, -0.2) is 9.97 Å². The van der Waals surface area contributed by atoms with Gasteiger partial charge in [-0.05, 0) is 36.8 Å². The first-order chi connectivity index (χ1) is 10.3. The average Bonchev–Trinajstić information content (AvgIpc) is 2.94. The van der Waals surface area contributed by atoms with Crippen LogP contribution in [0.15, 0.2) is 47.8 Å². The minimum Gasteiger partial charge on any atom is -0.382 e. The highest BCUT2D eigenvalue weighted by molar-refractivity contribution is 7.99. The van der Waals surface area contributed by atoms with E-state index in [1.165, 1.54) is 4.90 Å². The van der Waals surface area contributed by atoms with Gasteiger partial charge < -0.3 is 10.3 Å². The number of nitrogen functional groups attached to an aromatic ring is 1. The van der Waals surface area contributed by atoms with Gasteiger partial charge in [0.2, 0.25) is 0 Å². The van der Waals surface area contributed by atoms with Crippen LogP contribution < -0.4 is 5.73 Å². The molecule has 2 N–H and O–H groups in total. The van der Waals surface area contributed by atoms with Crippen LogP contribution in [0.2, 0.25) is 0 Å². The van der Waals surface area contributed by atoms with Gasteiger partial charge in [0, 0.05) is 17.6 Å². The summed E-state index contributed by atoms with van der Waals surface area (Å²) in [6.45, 7) is 2.99. The van der Waals surface area contributed by atoms with Crippen LogP contribution in [-0.4, -0.2) is 20.3 Å². The number of rotatable bonds is 5. The summed E-state index contributed by atoms with van der Waals surface area (Å²) in [4.78, 5) is 9.86. The van der Waals surface area contributed by atoms with Crippen molar-refractivity contribution in [3.8, 4) is 0 Å². The molecule has 21 heavy (non-hydrogen) atoms. The van der Waals surface area contributed by atoms with Crippen LogP contribution in [0, 0.1) is 6.92 Å². The molecule has 0 saturated heterocycles. The third-order valence-electron chi connectivity index (χ3n) is 3.41. The van der Waals surface area contributed by atoms with Gasteiger partial charge in [-0.3, -0.25) is 0 Å². The maximum absolute atomic E-state index is 5.88. The Labute approximate surface area is 128 Å². The summed E-state index contributed by atoms with van der Waals surface area (Å²) in [5, 5.41) is 0. The van der Waals surface area contributed by atoms with E-state index in [1.54, 1.807) is 0 Å². The molecule has 0 aliphatic rings. The number of aryl methyl sites for hydroxylation is 2. The average molecular weight is 298 g/mol. The van der Waals surface area contributed by atoms with Crippen LogP contribution in [0.5, 0.6) is 0 Å². The van der Waals surface area contributed by atoms with Crippen molar-refractivity contribution >= 4 is 28.6 Å². The molecule has 5 heteroatoms. The SMILES string of the molecule is Cc1cnc(N)c2ncn(CCCSc3ccccc3)c12. The molecule has 108 valence electrons. The van der Waals surface area contributed by atoms with Crippen LogP contribution in [-0.2, 0) is 6.54 Å². The van der Waals surface area contributed by atoms with Crippen molar-refractivity contribution < 1.29 is 0 Å². The van der Waals surface area contributed by atoms with Gasteiger partial charge in [-0.2, -0.15) is 0 Å². The summed E-state index contributed by atoms with van der Waals surface area (Å²) >= 11 is 1.88. The fourth-order valence-corrected chi connectivity index (χ4v) is 3.24. The monoisotopic (exact) mass is 298 g/mol. The molecule has 1 aromatic carbocycles. The molecule has 0 aliphatic heterocycles. The van der Waals surface area contributed by atoms with Crippen molar-refractivity contribution in [2.45, 2.75) is 24.8 Å². The zero-order chi connectivity index (χ0) is 14.7. The largest absolute Gasteiger partial charge is 0.382 e. The number of hydrogen-bond donors (Lipinski definition) is 1. The maximum Gasteiger partial charge on any atom is 0.151 e. The first-order valence-corrected chi connectivity index (χ1v) is 7.98. The molecule has 2 heterocycles. The van der Waals surface area contributed by atoms with E-state index in [0.29, 0.717) is 5.82 Å². The Kier molecular flexibility index (Phi) is 4.10. The number of pyridine rings is 1. The second kappa shape index (κ2) is 6.18. The van der Waals surface area contributed by atoms with Crippen LogP contribution >= 0.6 is 11.8 Å². The van der Waals surface area contributed by atoms with Gasteiger partial charge in [-0.15, -0.1) is 11.8 Å². The molecule has 0 fully saturated rings. The summed E-state index contributed by atoms with van der Waals surface area (Å²) in [5.41, 5.74) is 8.91. The van der Waals surface area contributed by atoms with Crippen LogP contribution in [0.4, 0.5) is 5.82 Å². The first-order valence-electron chi connectivity index (χ1n) is 6.99. The number of thioether (sulfide) groups is 1. The highest BCUT2D eigenvalue weighted by Crippen LogP contribution is 2.22. The van der Waals surface area contributed by atoms with E-state index in [-0.39, 0.29) is 0 Å². The van der Waals surface area contributed by atoms with Gasteiger partial charge in [0.05, 0.1) is 11.8 Å². The van der Waals surface area contributed by atoms with E-state index in [9.17, 15) is 0 Å². The second-order valence-electron chi connectivity index (χ2n) is 4.98. The predicted molar refractivity (Wildman–Crippen MR) is 88.5 cm³/mol. The topological polar surface area (TPSA) is 56.7 Å². The van der Waals surface area contributed by atoms with E-state index >= 15 is 0 Å². The quantitative estimate of drug-likeness (QED) is 0.578. The molecule has 0 saturated carbocycles. The Hall–Kier alpha value is -2.01. The molecule has 0 spiro atoms. The highest BCUT2D eigenvalue weighted by atomic mass is 32.2. The normalized spacial score (nSPS) is 11.1. The predicted octanol–water partition coefficient (Wildman–Crippen LogP) is 3.50. The summed E-state index contributed by atoms with van der Waals surface area (Å²) < 4.78 is 2.17. The minimum absolute atomic E-state index is 0.507. The van der Waals surface area contributed by atoms with Crippen molar-refractivity contribution in [3.63, 3.8) is 0 Å².